The van der Waals surface area contributed by atoms with Gasteiger partial charge in [0.1, 0.15) is 5.41 Å². The first-order chi connectivity index (χ1) is 8.39. The molecule has 0 radical (unpaired) electrons. The number of carbonyl (C=O) groups excluding carboxylic acids is 2. The molecular weight excluding hydrogens is 232 g/mol. The van der Waals surface area contributed by atoms with E-state index in [1.807, 2.05) is 12.1 Å². The summed E-state index contributed by atoms with van der Waals surface area (Å²) in [6.07, 6.45) is 3.33. The van der Waals surface area contributed by atoms with Crippen LogP contribution in [0.5, 0.6) is 0 Å². The summed E-state index contributed by atoms with van der Waals surface area (Å²) in [6, 6.07) is 3.66. The summed E-state index contributed by atoms with van der Waals surface area (Å²) >= 11 is 0. The third-order valence-corrected chi connectivity index (χ3v) is 2.75. The Morgan fingerprint density at radius 1 is 1.33 bits per heavy atom. The van der Waals surface area contributed by atoms with E-state index in [4.69, 9.17) is 0 Å². The van der Waals surface area contributed by atoms with Crippen LogP contribution in [0, 0.1) is 5.41 Å². The minimum Gasteiger partial charge on any atom is -0.468 e. The number of pyridine rings is 1. The third kappa shape index (κ3) is 3.06. The zero-order valence-corrected chi connectivity index (χ0v) is 11.1. The number of aromatic nitrogens is 1. The lowest BCUT2D eigenvalue weighted by atomic mass is 9.91. The number of carbonyl (C=O) groups is 2. The first kappa shape index (κ1) is 14.2. The molecule has 1 rings (SSSR count). The lowest BCUT2D eigenvalue weighted by molar-refractivity contribution is -0.160. The Morgan fingerprint density at radius 2 is 1.89 bits per heavy atom. The van der Waals surface area contributed by atoms with Gasteiger partial charge in [-0.3, -0.25) is 14.6 Å². The van der Waals surface area contributed by atoms with Crippen LogP contribution in [0.15, 0.2) is 24.5 Å². The topological polar surface area (TPSA) is 59.5 Å². The van der Waals surface area contributed by atoms with Gasteiger partial charge in [-0.1, -0.05) is 0 Å². The summed E-state index contributed by atoms with van der Waals surface area (Å²) in [5.41, 5.74) is -0.210. The molecule has 5 heteroatoms. The summed E-state index contributed by atoms with van der Waals surface area (Å²) in [5, 5.41) is 0. The Bertz CT molecular complexity index is 429. The second-order valence-electron chi connectivity index (χ2n) is 4.63. The first-order valence-electron chi connectivity index (χ1n) is 5.62. The van der Waals surface area contributed by atoms with E-state index in [1.165, 1.54) is 12.0 Å². The molecule has 1 heterocycles. The molecule has 1 aromatic rings. The number of rotatable bonds is 4. The first-order valence-corrected chi connectivity index (χ1v) is 5.62. The highest BCUT2D eigenvalue weighted by Crippen LogP contribution is 2.21. The van der Waals surface area contributed by atoms with Crippen LogP contribution in [0.4, 0.5) is 0 Å². The van der Waals surface area contributed by atoms with Crippen LogP contribution in [0.1, 0.15) is 19.4 Å². The molecule has 98 valence electrons. The molecule has 0 aliphatic carbocycles. The molecule has 1 amide bonds. The molecule has 0 saturated carbocycles. The largest absolute Gasteiger partial charge is 0.468 e. The van der Waals surface area contributed by atoms with Crippen molar-refractivity contribution in [1.29, 1.82) is 0 Å². The molecule has 0 aliphatic rings. The molecule has 0 N–H and O–H groups in total. The van der Waals surface area contributed by atoms with Gasteiger partial charge in [-0.25, -0.2) is 0 Å². The molecule has 0 aromatic carbocycles. The van der Waals surface area contributed by atoms with Crippen molar-refractivity contribution in [2.75, 3.05) is 14.2 Å². The van der Waals surface area contributed by atoms with Crippen LogP contribution >= 0.6 is 0 Å². The quantitative estimate of drug-likeness (QED) is 0.596. The van der Waals surface area contributed by atoms with E-state index >= 15 is 0 Å². The average molecular weight is 250 g/mol. The molecule has 0 aliphatic heterocycles. The van der Waals surface area contributed by atoms with E-state index < -0.39 is 11.4 Å². The highest BCUT2D eigenvalue weighted by molar-refractivity contribution is 6.01. The van der Waals surface area contributed by atoms with Gasteiger partial charge in [-0.2, -0.15) is 0 Å². The molecular formula is C13H18N2O3. The van der Waals surface area contributed by atoms with Crippen molar-refractivity contribution in [2.24, 2.45) is 5.41 Å². The van der Waals surface area contributed by atoms with E-state index in [0.717, 1.165) is 5.56 Å². The third-order valence-electron chi connectivity index (χ3n) is 2.75. The van der Waals surface area contributed by atoms with E-state index in [9.17, 15) is 9.59 Å². The number of hydrogen-bond acceptors (Lipinski definition) is 4. The highest BCUT2D eigenvalue weighted by Gasteiger charge is 2.39. The summed E-state index contributed by atoms with van der Waals surface area (Å²) in [7, 11) is 2.94. The maximum Gasteiger partial charge on any atom is 0.320 e. The standard InChI is InChI=1S/C13H18N2O3/c1-13(2,12(17)18-4)11(16)15(3)9-10-5-7-14-8-6-10/h5-8H,9H2,1-4H3. The minimum absolute atomic E-state index is 0.272. The Morgan fingerprint density at radius 3 is 2.39 bits per heavy atom. The zero-order chi connectivity index (χ0) is 13.8. The van der Waals surface area contributed by atoms with Gasteiger partial charge in [0.05, 0.1) is 7.11 Å². The van der Waals surface area contributed by atoms with Gasteiger partial charge in [0.15, 0.2) is 0 Å². The SMILES string of the molecule is COC(=O)C(C)(C)C(=O)N(C)Cc1ccncc1. The van der Waals surface area contributed by atoms with Crippen LogP contribution in [-0.4, -0.2) is 35.9 Å². The van der Waals surface area contributed by atoms with Gasteiger partial charge in [0, 0.05) is 26.0 Å². The number of methoxy groups -OCH3 is 1. The van der Waals surface area contributed by atoms with Crippen molar-refractivity contribution in [3.63, 3.8) is 0 Å². The number of amides is 1. The van der Waals surface area contributed by atoms with Crippen LogP contribution in [-0.2, 0) is 20.9 Å². The Kier molecular flexibility index (Phi) is 4.42. The van der Waals surface area contributed by atoms with Crippen LogP contribution in [0.25, 0.3) is 0 Å². The number of ether oxygens (including phenoxy) is 1. The minimum atomic E-state index is -1.17. The molecule has 5 nitrogen and oxygen atoms in total. The molecule has 0 saturated heterocycles. The van der Waals surface area contributed by atoms with E-state index in [2.05, 4.69) is 9.72 Å². The van der Waals surface area contributed by atoms with Gasteiger partial charge in [-0.05, 0) is 31.5 Å². The molecule has 0 fully saturated rings. The summed E-state index contributed by atoms with van der Waals surface area (Å²) in [6.45, 7) is 3.55. The van der Waals surface area contributed by atoms with Crippen LogP contribution < -0.4 is 0 Å². The summed E-state index contributed by atoms with van der Waals surface area (Å²) in [5.74, 6) is -0.805. The predicted octanol–water partition coefficient (Wildman–Crippen LogP) is 1.24. The van der Waals surface area contributed by atoms with Crippen molar-refractivity contribution < 1.29 is 14.3 Å². The van der Waals surface area contributed by atoms with Gasteiger partial charge in [0.25, 0.3) is 0 Å². The second-order valence-corrected chi connectivity index (χ2v) is 4.63. The van der Waals surface area contributed by atoms with Crippen molar-refractivity contribution >= 4 is 11.9 Å². The lowest BCUT2D eigenvalue weighted by Gasteiger charge is -2.27. The van der Waals surface area contributed by atoms with Gasteiger partial charge in [-0.15, -0.1) is 0 Å². The predicted molar refractivity (Wildman–Crippen MR) is 66.5 cm³/mol. The van der Waals surface area contributed by atoms with E-state index in [-0.39, 0.29) is 5.91 Å². The van der Waals surface area contributed by atoms with Crippen LogP contribution in [0.3, 0.4) is 0 Å². The van der Waals surface area contributed by atoms with Gasteiger partial charge in [0.2, 0.25) is 5.91 Å². The van der Waals surface area contributed by atoms with Crippen molar-refractivity contribution in [1.82, 2.24) is 9.88 Å². The summed E-state index contributed by atoms with van der Waals surface area (Å²) in [4.78, 5) is 29.1. The van der Waals surface area contributed by atoms with Crippen LogP contribution in [0.2, 0.25) is 0 Å². The van der Waals surface area contributed by atoms with Crippen molar-refractivity contribution in [3.8, 4) is 0 Å². The maximum absolute atomic E-state index is 12.2. The number of nitrogens with zero attached hydrogens (tertiary/aromatic N) is 2. The normalized spacial score (nSPS) is 10.9. The fraction of sp³-hybridized carbons (Fsp3) is 0.462. The maximum atomic E-state index is 12.2. The molecule has 0 unspecified atom stereocenters. The molecule has 1 aromatic heterocycles. The fourth-order valence-corrected chi connectivity index (χ4v) is 1.65. The fourth-order valence-electron chi connectivity index (χ4n) is 1.65. The van der Waals surface area contributed by atoms with Gasteiger partial charge >= 0.3 is 5.97 Å². The van der Waals surface area contributed by atoms with Crippen molar-refractivity contribution in [3.05, 3.63) is 30.1 Å². The lowest BCUT2D eigenvalue weighted by Crippen LogP contribution is -2.43. The zero-order valence-electron chi connectivity index (χ0n) is 11.1. The van der Waals surface area contributed by atoms with E-state index in [1.54, 1.807) is 33.3 Å². The molecule has 0 spiro atoms. The van der Waals surface area contributed by atoms with Crippen molar-refractivity contribution in [2.45, 2.75) is 20.4 Å². The Hall–Kier alpha value is -1.91. The number of hydrogen-bond donors (Lipinski definition) is 0. The monoisotopic (exact) mass is 250 g/mol. The second kappa shape index (κ2) is 5.62. The molecule has 0 atom stereocenters. The van der Waals surface area contributed by atoms with Gasteiger partial charge < -0.3 is 9.64 Å². The van der Waals surface area contributed by atoms with E-state index in [0.29, 0.717) is 6.54 Å². The molecule has 18 heavy (non-hydrogen) atoms. The summed E-state index contributed by atoms with van der Waals surface area (Å²) < 4.78 is 4.64. The average Bonchev–Trinajstić information content (AvgIpc) is 2.37. The smallest absolute Gasteiger partial charge is 0.320 e. The Labute approximate surface area is 107 Å². The highest BCUT2D eigenvalue weighted by atomic mass is 16.5. The number of esters is 1. The molecule has 0 bridgehead atoms. The Balaban J connectivity index is 2.76.